The number of aromatic amines is 2. The van der Waals surface area contributed by atoms with Crippen LogP contribution >= 0.6 is 23.5 Å². The molecular formula is C53H87N21O19S2. The first-order chi connectivity index (χ1) is 45.3. The molecule has 7 heterocycles. The van der Waals surface area contributed by atoms with Gasteiger partial charge in [0.2, 0.25) is 41.4 Å². The lowest BCUT2D eigenvalue weighted by molar-refractivity contribution is -0.306. The number of carbonyl (C=O) groups is 5. The molecule has 19 atom stereocenters. The molecule has 5 amide bonds. The maximum Gasteiger partial charge on any atom is 0.280 e. The third-order valence-electron chi connectivity index (χ3n) is 16.4. The molecule has 1 saturated carbocycles. The van der Waals surface area contributed by atoms with Crippen LogP contribution in [0, 0.1) is 0 Å². The zero-order valence-corrected chi connectivity index (χ0v) is 53.3. The van der Waals surface area contributed by atoms with Gasteiger partial charge in [0, 0.05) is 57.1 Å². The van der Waals surface area contributed by atoms with Crippen LogP contribution in [0.3, 0.4) is 0 Å². The van der Waals surface area contributed by atoms with Crippen LogP contribution < -0.4 is 73.4 Å². The number of hydrogen-bond acceptors (Lipinski definition) is 33. The highest BCUT2D eigenvalue weighted by Gasteiger charge is 2.54. The Balaban J connectivity index is 0.793. The van der Waals surface area contributed by atoms with Crippen molar-refractivity contribution in [2.24, 2.45) is 40.1 Å². The number of aliphatic hydroxyl groups is 6. The second-order valence-electron chi connectivity index (χ2n) is 23.4. The summed E-state index contributed by atoms with van der Waals surface area (Å²) in [5.74, 6) is -2.00. The molecule has 3 saturated heterocycles. The Morgan fingerprint density at radius 2 is 1.07 bits per heavy atom. The number of hydrogen-bond donors (Lipinski definition) is 19. The van der Waals surface area contributed by atoms with E-state index >= 15 is 0 Å². The van der Waals surface area contributed by atoms with Crippen LogP contribution in [-0.4, -0.2) is 301 Å². The molecular weight excluding hydrogens is 1300 g/mol. The van der Waals surface area contributed by atoms with Gasteiger partial charge in [-0.2, -0.15) is 33.5 Å². The Morgan fingerprint density at radius 1 is 0.600 bits per heavy atom. The van der Waals surface area contributed by atoms with Crippen molar-refractivity contribution < 1.29 is 83.0 Å². The van der Waals surface area contributed by atoms with Crippen molar-refractivity contribution >= 4 is 87.3 Å². The molecule has 0 unspecified atom stereocenters. The maximum atomic E-state index is 13.9. The molecule has 3 aliphatic heterocycles. The summed E-state index contributed by atoms with van der Waals surface area (Å²) < 4.78 is 39.2. The van der Waals surface area contributed by atoms with Crippen LogP contribution in [0.4, 0.5) is 11.9 Å². The second kappa shape index (κ2) is 34.2. The fourth-order valence-corrected chi connectivity index (χ4v) is 13.1. The van der Waals surface area contributed by atoms with E-state index in [-0.39, 0.29) is 97.3 Å². The summed E-state index contributed by atoms with van der Waals surface area (Å²) in [6.45, 7) is -2.93. The molecule has 4 fully saturated rings. The highest BCUT2D eigenvalue weighted by Crippen LogP contribution is 2.36. The molecule has 95 heavy (non-hydrogen) atoms. The molecule has 530 valence electrons. The summed E-state index contributed by atoms with van der Waals surface area (Å²) in [4.78, 5) is 113. The average Bonchev–Trinajstić information content (AvgIpc) is 1.77. The van der Waals surface area contributed by atoms with Gasteiger partial charge in [-0.3, -0.25) is 43.5 Å². The zero-order valence-electron chi connectivity index (χ0n) is 51.6. The molecule has 42 heteroatoms. The van der Waals surface area contributed by atoms with E-state index in [1.165, 1.54) is 45.3 Å². The number of nitrogen functional groups attached to an aromatic ring is 2. The highest BCUT2D eigenvalue weighted by atomic mass is 32.2. The number of carbonyl (C=O) groups excluding carboxylic acids is 5. The SMILES string of the molecule is NC[C@@H]1O[C@H](O[C@H]2[C@@H](O)[C@H](O[C@@H]3[C@@H](O)[C@H](N)C[C@H](N)[C@H]3O[C@H]3O[C@H](CN)[C@@H](O)[C@H](O)[C@H]3N)O[C@@H]2CSCCCCCCSCC(=O)NCCN(CC(=O)NCCN(CC(N)=O)C(=O)Cn2cnc3c(=O)[nH]c(N)nc32)C(=O)Cn2cnc3c(=O)[nH]c(N)nc32)[C@H](N)[C@@H](O)[C@@H]1O. The van der Waals surface area contributed by atoms with Gasteiger partial charge in [0.1, 0.15) is 74.1 Å². The van der Waals surface area contributed by atoms with Gasteiger partial charge in [-0.25, -0.2) is 9.97 Å². The van der Waals surface area contributed by atoms with E-state index in [2.05, 4.69) is 40.5 Å². The zero-order chi connectivity index (χ0) is 68.9. The van der Waals surface area contributed by atoms with Gasteiger partial charge in [-0.05, 0) is 30.8 Å². The third-order valence-corrected chi connectivity index (χ3v) is 18.6. The number of nitrogens with one attached hydrogen (secondary N) is 4. The van der Waals surface area contributed by atoms with Crippen molar-refractivity contribution in [2.75, 3.05) is 86.8 Å². The van der Waals surface area contributed by atoms with E-state index in [4.69, 9.17) is 80.0 Å². The van der Waals surface area contributed by atoms with E-state index in [1.807, 2.05) is 0 Å². The van der Waals surface area contributed by atoms with Gasteiger partial charge in [0.25, 0.3) is 11.1 Å². The lowest BCUT2D eigenvalue weighted by Crippen LogP contribution is -2.68. The van der Waals surface area contributed by atoms with E-state index in [1.54, 1.807) is 0 Å². The quantitative estimate of drug-likeness (QED) is 0.0197. The molecule has 28 N–H and O–H groups in total. The Labute approximate surface area is 549 Å². The predicted molar refractivity (Wildman–Crippen MR) is 338 cm³/mol. The number of ether oxygens (including phenoxy) is 6. The minimum atomic E-state index is -1.59. The monoisotopic (exact) mass is 1390 g/mol. The number of H-pyrrole nitrogens is 2. The van der Waals surface area contributed by atoms with Gasteiger partial charge >= 0.3 is 0 Å². The Morgan fingerprint density at radius 3 is 1.59 bits per heavy atom. The smallest absolute Gasteiger partial charge is 0.280 e. The summed E-state index contributed by atoms with van der Waals surface area (Å²) >= 11 is 2.87. The first kappa shape index (κ1) is 74.4. The average molecular weight is 1390 g/mol. The van der Waals surface area contributed by atoms with Crippen LogP contribution in [0.1, 0.15) is 32.1 Å². The number of imidazole rings is 2. The van der Waals surface area contributed by atoms with Crippen molar-refractivity contribution in [1.29, 1.82) is 0 Å². The fourth-order valence-electron chi connectivity index (χ4n) is 11.2. The summed E-state index contributed by atoms with van der Waals surface area (Å²) in [5.41, 5.74) is 52.3. The summed E-state index contributed by atoms with van der Waals surface area (Å²) in [6, 6.07) is -4.39. The number of aromatic nitrogens is 8. The molecule has 8 rings (SSSR count). The van der Waals surface area contributed by atoms with Crippen molar-refractivity contribution in [3.63, 3.8) is 0 Å². The number of aliphatic hydroxyl groups excluding tert-OH is 6. The van der Waals surface area contributed by atoms with E-state index < -0.39 is 177 Å². The van der Waals surface area contributed by atoms with Gasteiger partial charge in [-0.1, -0.05) is 12.8 Å². The van der Waals surface area contributed by atoms with Crippen molar-refractivity contribution in [3.8, 4) is 0 Å². The number of thioether (sulfide) groups is 2. The number of rotatable bonds is 33. The van der Waals surface area contributed by atoms with Gasteiger partial charge in [-0.15, -0.1) is 0 Å². The van der Waals surface area contributed by atoms with Crippen LogP contribution in [0.15, 0.2) is 22.2 Å². The van der Waals surface area contributed by atoms with Crippen LogP contribution in [0.5, 0.6) is 0 Å². The number of unbranched alkanes of at least 4 members (excludes halogenated alkanes) is 3. The second-order valence-corrected chi connectivity index (χ2v) is 25.6. The summed E-state index contributed by atoms with van der Waals surface area (Å²) in [7, 11) is 0. The lowest BCUT2D eigenvalue weighted by Gasteiger charge is -2.47. The first-order valence-corrected chi connectivity index (χ1v) is 33.0. The number of primary amides is 1. The van der Waals surface area contributed by atoms with Crippen molar-refractivity contribution in [1.82, 2.24) is 59.5 Å². The third kappa shape index (κ3) is 18.8. The molecule has 0 bridgehead atoms. The molecule has 0 radical (unpaired) electrons. The maximum absolute atomic E-state index is 13.9. The van der Waals surface area contributed by atoms with E-state index in [0.717, 1.165) is 35.5 Å². The predicted octanol–water partition coefficient (Wildman–Crippen LogP) is -11.1. The van der Waals surface area contributed by atoms with E-state index in [9.17, 15) is 64.2 Å². The van der Waals surface area contributed by atoms with Gasteiger partial charge < -0.3 is 140 Å². The number of amides is 5. The number of nitrogens with zero attached hydrogens (tertiary/aromatic N) is 8. The molecule has 4 aliphatic rings. The molecule has 4 aromatic rings. The minimum Gasteiger partial charge on any atom is -0.389 e. The molecule has 4 aromatic heterocycles. The topological polar surface area (TPSA) is 654 Å². The normalized spacial score (nSPS) is 30.2. The number of anilines is 2. The van der Waals surface area contributed by atoms with Gasteiger partial charge in [0.15, 0.2) is 41.2 Å². The largest absolute Gasteiger partial charge is 0.389 e. The van der Waals surface area contributed by atoms with Crippen LogP contribution in [0.2, 0.25) is 0 Å². The first-order valence-electron chi connectivity index (χ1n) is 30.7. The summed E-state index contributed by atoms with van der Waals surface area (Å²) in [5, 5.41) is 71.1. The molecule has 0 aromatic carbocycles. The lowest BCUT2D eigenvalue weighted by atomic mass is 9.84. The number of fused-ring (bicyclic) bond motifs is 2. The molecule has 0 spiro atoms. The standard InChI is InChI=1S/C53H87N21O19S2/c54-12-24-37(81)39(83)32(59)49(88-24)91-42-23(57)11-22(56)36(80)44(42)93-51-41(85)43(92-50-33(60)40(84)38(82)25(13-55)89-50)26(90-51)18-94-9-3-1-2-4-10-95-19-29(77)64-6-8-72(31(79)17-74-21-66-35-46(74)68-53(62)70-48(35)87)15-28(76)63-5-7-71(14-27(58)75)30(78)16-73-20-65-34-45(73)67-52(61)69-47(34)86/h20-26,32-33,36-44,49-51,80-85H,1-19,54-57,59-60H2,(H2,58,75)(H,63,76)(H,64,77)(H3,61,67,69,86)(H3,62,68,70,87)/t22-,23+,24-,25+,26-,32-,33-,36+,37-,38-,39-,40-,41-,42-,43-,44-,49-,50-,51+/m1/s1. The van der Waals surface area contributed by atoms with Crippen molar-refractivity contribution in [2.45, 2.75) is 161 Å². The van der Waals surface area contributed by atoms with Gasteiger partial charge in [0.05, 0.1) is 55.8 Å². The summed E-state index contributed by atoms with van der Waals surface area (Å²) in [6.07, 6.45) is -14.4. The van der Waals surface area contributed by atoms with Crippen LogP contribution in [0.25, 0.3) is 22.3 Å². The fraction of sp³-hybridized carbons (Fsp3) is 0.717. The van der Waals surface area contributed by atoms with Crippen LogP contribution in [-0.2, 0) is 65.5 Å². The Kier molecular flexibility index (Phi) is 26.8. The Hall–Kier alpha value is -6.37. The van der Waals surface area contributed by atoms with Crippen molar-refractivity contribution in [3.05, 3.63) is 33.4 Å². The van der Waals surface area contributed by atoms with E-state index in [0.29, 0.717) is 11.5 Å². The highest BCUT2D eigenvalue weighted by molar-refractivity contribution is 8.00. The molecule has 1 aliphatic carbocycles. The minimum absolute atomic E-state index is 0.00978. The number of nitrogens with two attached hydrogens (primary N) is 9. The Bertz CT molecular complexity index is 3350. The molecule has 40 nitrogen and oxygen atoms in total.